The molecule has 7 heteroatoms. The van der Waals surface area contributed by atoms with Gasteiger partial charge in [-0.1, -0.05) is 29.5 Å². The van der Waals surface area contributed by atoms with Crippen LogP contribution in [0.25, 0.3) is 0 Å². The predicted molar refractivity (Wildman–Crippen MR) is 93.4 cm³/mol. The van der Waals surface area contributed by atoms with E-state index in [1.54, 1.807) is 18.2 Å². The number of aromatic nitrogens is 1. The molecule has 5 nitrogen and oxygen atoms in total. The van der Waals surface area contributed by atoms with Crippen LogP contribution < -0.4 is 0 Å². The minimum atomic E-state index is -2.92. The maximum absolute atomic E-state index is 12.7. The Bertz CT molecular complexity index is 938. The number of amides is 1. The molecule has 1 N–H and O–H groups in total. The van der Waals surface area contributed by atoms with Crippen molar-refractivity contribution in [1.82, 2.24) is 4.98 Å². The number of benzene rings is 1. The Hall–Kier alpha value is -2.20. The Morgan fingerprint density at radius 1 is 1.38 bits per heavy atom. The Balaban J connectivity index is 2.34. The number of halogens is 1. The van der Waals surface area contributed by atoms with Crippen LogP contribution in [-0.2, 0) is 9.73 Å². The van der Waals surface area contributed by atoms with Gasteiger partial charge in [0.05, 0.1) is 21.9 Å². The molecule has 0 fully saturated rings. The Kier molecular flexibility index (Phi) is 6.10. The molecule has 0 bridgehead atoms. The summed E-state index contributed by atoms with van der Waals surface area (Å²) in [5, 5.41) is 9.14. The van der Waals surface area contributed by atoms with E-state index >= 15 is 0 Å². The number of aliphatic hydroxyl groups is 1. The lowest BCUT2D eigenvalue weighted by Crippen LogP contribution is -2.04. The zero-order valence-electron chi connectivity index (χ0n) is 12.9. The van der Waals surface area contributed by atoms with Gasteiger partial charge in [-0.05, 0) is 24.3 Å². The third kappa shape index (κ3) is 4.90. The highest BCUT2D eigenvalue weighted by Crippen LogP contribution is 2.18. The second-order valence-corrected chi connectivity index (χ2v) is 7.59. The fourth-order valence-electron chi connectivity index (χ4n) is 1.81. The van der Waals surface area contributed by atoms with E-state index in [9.17, 15) is 9.00 Å². The molecule has 1 aromatic heterocycles. The first-order valence-corrected chi connectivity index (χ1v) is 9.29. The lowest BCUT2D eigenvalue weighted by Gasteiger charge is -2.04. The topological polar surface area (TPSA) is 79.6 Å². The number of hydrogen-bond acceptors (Lipinski definition) is 4. The van der Waals surface area contributed by atoms with E-state index in [-0.39, 0.29) is 12.2 Å². The van der Waals surface area contributed by atoms with E-state index < -0.39 is 15.6 Å². The summed E-state index contributed by atoms with van der Waals surface area (Å²) in [4.78, 5) is 16.6. The molecule has 1 unspecified atom stereocenters. The summed E-state index contributed by atoms with van der Waals surface area (Å²) < 4.78 is 16.5. The van der Waals surface area contributed by atoms with Gasteiger partial charge in [-0.2, -0.15) is 4.36 Å². The summed E-state index contributed by atoms with van der Waals surface area (Å²) >= 11 is 5.89. The summed E-state index contributed by atoms with van der Waals surface area (Å²) in [6, 6.07) is 7.97. The van der Waals surface area contributed by atoms with Gasteiger partial charge < -0.3 is 5.11 Å². The van der Waals surface area contributed by atoms with Crippen molar-refractivity contribution in [2.45, 2.75) is 11.3 Å². The molecule has 0 aliphatic heterocycles. The highest BCUT2D eigenvalue weighted by Gasteiger charge is 2.12. The van der Waals surface area contributed by atoms with Crippen LogP contribution in [-0.4, -0.2) is 33.1 Å². The number of carbonyl (C=O) groups excluding carboxylic acids is 1. The molecule has 0 saturated carbocycles. The number of carbonyl (C=O) groups is 1. The Labute approximate surface area is 145 Å². The normalized spacial score (nSPS) is 12.6. The third-order valence-corrected chi connectivity index (χ3v) is 4.82. The van der Waals surface area contributed by atoms with Crippen molar-refractivity contribution >= 4 is 27.2 Å². The summed E-state index contributed by atoms with van der Waals surface area (Å²) in [5.74, 6) is 4.89. The Morgan fingerprint density at radius 3 is 2.88 bits per heavy atom. The first kappa shape index (κ1) is 18.1. The highest BCUT2D eigenvalue weighted by molar-refractivity contribution is 7.93. The SMILES string of the molecule is CS(=O)(=NC(=O)c1cncc(C#CCCO)c1)c1cccc(Cl)c1. The molecule has 0 saturated heterocycles. The van der Waals surface area contributed by atoms with Crippen molar-refractivity contribution in [2.75, 3.05) is 12.9 Å². The largest absolute Gasteiger partial charge is 0.395 e. The van der Waals surface area contributed by atoms with Crippen LogP contribution >= 0.6 is 11.6 Å². The van der Waals surface area contributed by atoms with Crippen LogP contribution in [0.2, 0.25) is 5.02 Å². The number of hydrogen-bond donors (Lipinski definition) is 1. The lowest BCUT2D eigenvalue weighted by atomic mass is 10.2. The number of aliphatic hydroxyl groups excluding tert-OH is 1. The zero-order valence-corrected chi connectivity index (χ0v) is 14.5. The van der Waals surface area contributed by atoms with Crippen LogP contribution in [0.3, 0.4) is 0 Å². The van der Waals surface area contributed by atoms with E-state index in [2.05, 4.69) is 21.2 Å². The van der Waals surface area contributed by atoms with Gasteiger partial charge in [0.25, 0.3) is 5.91 Å². The monoisotopic (exact) mass is 362 g/mol. The molecule has 1 heterocycles. The lowest BCUT2D eigenvalue weighted by molar-refractivity contribution is 0.100. The summed E-state index contributed by atoms with van der Waals surface area (Å²) in [6.07, 6.45) is 4.56. The van der Waals surface area contributed by atoms with E-state index in [4.69, 9.17) is 16.7 Å². The predicted octanol–water partition coefficient (Wildman–Crippen LogP) is 2.77. The zero-order chi connectivity index (χ0) is 17.6. The molecule has 24 heavy (non-hydrogen) atoms. The van der Waals surface area contributed by atoms with Gasteiger partial charge in [-0.3, -0.25) is 9.78 Å². The fraction of sp³-hybridized carbons (Fsp3) is 0.176. The molecule has 1 atom stereocenters. The average molecular weight is 363 g/mol. The molecule has 0 radical (unpaired) electrons. The maximum atomic E-state index is 12.7. The molecule has 0 aliphatic rings. The van der Waals surface area contributed by atoms with Crippen LogP contribution in [0, 0.1) is 11.8 Å². The number of nitrogens with zero attached hydrogens (tertiary/aromatic N) is 2. The van der Waals surface area contributed by atoms with Crippen molar-refractivity contribution in [3.8, 4) is 11.8 Å². The number of rotatable bonds is 3. The van der Waals surface area contributed by atoms with Gasteiger partial charge in [-0.15, -0.1) is 0 Å². The van der Waals surface area contributed by atoms with Crippen LogP contribution in [0.4, 0.5) is 0 Å². The minimum absolute atomic E-state index is 0.0358. The summed E-state index contributed by atoms with van der Waals surface area (Å²) in [7, 11) is -2.92. The van der Waals surface area contributed by atoms with Crippen molar-refractivity contribution < 1.29 is 14.1 Å². The van der Waals surface area contributed by atoms with E-state index in [0.29, 0.717) is 21.9 Å². The molecule has 1 aromatic carbocycles. The molecule has 1 amide bonds. The van der Waals surface area contributed by atoms with Crippen molar-refractivity contribution in [1.29, 1.82) is 0 Å². The van der Waals surface area contributed by atoms with Crippen molar-refractivity contribution in [3.63, 3.8) is 0 Å². The van der Waals surface area contributed by atoms with E-state index in [1.165, 1.54) is 30.8 Å². The first-order chi connectivity index (χ1) is 11.4. The molecule has 0 spiro atoms. The summed E-state index contributed by atoms with van der Waals surface area (Å²) in [6.45, 7) is -0.0358. The van der Waals surface area contributed by atoms with Crippen molar-refractivity contribution in [3.05, 3.63) is 58.9 Å². The quantitative estimate of drug-likeness (QED) is 0.851. The van der Waals surface area contributed by atoms with Crippen LogP contribution in [0.1, 0.15) is 22.3 Å². The van der Waals surface area contributed by atoms with Gasteiger partial charge in [0.15, 0.2) is 0 Å². The van der Waals surface area contributed by atoms with Gasteiger partial charge in [0.1, 0.15) is 0 Å². The average Bonchev–Trinajstić information content (AvgIpc) is 2.55. The second-order valence-electron chi connectivity index (χ2n) is 4.89. The molecular weight excluding hydrogens is 348 g/mol. The smallest absolute Gasteiger partial charge is 0.286 e. The summed E-state index contributed by atoms with van der Waals surface area (Å²) in [5.41, 5.74) is 0.720. The van der Waals surface area contributed by atoms with E-state index in [0.717, 1.165) is 0 Å². The molecule has 124 valence electrons. The van der Waals surface area contributed by atoms with Gasteiger partial charge >= 0.3 is 0 Å². The first-order valence-electron chi connectivity index (χ1n) is 6.99. The van der Waals surface area contributed by atoms with Gasteiger partial charge in [-0.25, -0.2) is 4.21 Å². The molecular formula is C17H15ClN2O3S. The Morgan fingerprint density at radius 2 is 2.17 bits per heavy atom. The van der Waals surface area contributed by atoms with Gasteiger partial charge in [0, 0.05) is 40.6 Å². The van der Waals surface area contributed by atoms with E-state index in [1.807, 2.05) is 0 Å². The minimum Gasteiger partial charge on any atom is -0.395 e. The standard InChI is InChI=1S/C17H15ClN2O3S/c1-24(23,16-7-4-6-15(18)10-16)20-17(22)14-9-13(11-19-12-14)5-2-3-8-21/h4,6-7,9-12,21H,3,8H2,1H3. The third-order valence-electron chi connectivity index (χ3n) is 2.95. The molecule has 0 aliphatic carbocycles. The highest BCUT2D eigenvalue weighted by atomic mass is 35.5. The van der Waals surface area contributed by atoms with Crippen molar-refractivity contribution in [2.24, 2.45) is 4.36 Å². The molecule has 2 rings (SSSR count). The molecule has 2 aromatic rings. The maximum Gasteiger partial charge on any atom is 0.286 e. The second kappa shape index (κ2) is 8.06. The number of pyridine rings is 1. The van der Waals surface area contributed by atoms with Gasteiger partial charge in [0.2, 0.25) is 0 Å². The van der Waals surface area contributed by atoms with Crippen LogP contribution in [0.15, 0.2) is 52.0 Å². The fourth-order valence-corrected chi connectivity index (χ4v) is 3.27. The van der Waals surface area contributed by atoms with Crippen LogP contribution in [0.5, 0.6) is 0 Å².